The summed E-state index contributed by atoms with van der Waals surface area (Å²) in [5.74, 6) is -0.568. The fourth-order valence-corrected chi connectivity index (χ4v) is 0.846. The highest BCUT2D eigenvalue weighted by Crippen LogP contribution is 2.06. The highest BCUT2D eigenvalue weighted by Gasteiger charge is 2.19. The second-order valence-electron chi connectivity index (χ2n) is 3.93. The van der Waals surface area contributed by atoms with Crippen LogP contribution in [0.4, 0.5) is 4.79 Å². The number of carbonyl (C=O) groups is 2. The Labute approximate surface area is 87.0 Å². The van der Waals surface area contributed by atoms with E-state index in [1.165, 1.54) is 12.3 Å². The van der Waals surface area contributed by atoms with Crippen LogP contribution < -0.4 is 5.32 Å². The van der Waals surface area contributed by atoms with E-state index in [1.807, 2.05) is 0 Å². The van der Waals surface area contributed by atoms with Gasteiger partial charge in [-0.15, -0.1) is 0 Å². The van der Waals surface area contributed by atoms with Crippen LogP contribution in [0.15, 0.2) is 12.3 Å². The second kappa shape index (κ2) is 4.12. The largest absolute Gasteiger partial charge is 0.444 e. The van der Waals surface area contributed by atoms with Crippen molar-refractivity contribution in [1.29, 1.82) is 0 Å². The maximum absolute atomic E-state index is 11.3. The van der Waals surface area contributed by atoms with Gasteiger partial charge < -0.3 is 4.74 Å². The van der Waals surface area contributed by atoms with Gasteiger partial charge in [0.2, 0.25) is 0 Å². The Bertz CT molecular complexity index is 351. The van der Waals surface area contributed by atoms with Crippen molar-refractivity contribution in [1.82, 2.24) is 15.5 Å². The molecule has 1 rings (SSSR count). The van der Waals surface area contributed by atoms with Gasteiger partial charge in [-0.1, -0.05) is 0 Å². The van der Waals surface area contributed by atoms with E-state index in [0.717, 1.165) is 0 Å². The predicted octanol–water partition coefficient (Wildman–Crippen LogP) is 1.07. The molecule has 0 bridgehead atoms. The molecule has 6 nitrogen and oxygen atoms in total. The van der Waals surface area contributed by atoms with E-state index in [9.17, 15) is 9.59 Å². The second-order valence-corrected chi connectivity index (χ2v) is 3.93. The molecule has 15 heavy (non-hydrogen) atoms. The molecule has 0 unspecified atom stereocenters. The Hall–Kier alpha value is -1.85. The molecular formula is C9H13N3O3. The highest BCUT2D eigenvalue weighted by atomic mass is 16.6. The van der Waals surface area contributed by atoms with Gasteiger partial charge in [-0.2, -0.15) is 5.10 Å². The van der Waals surface area contributed by atoms with Gasteiger partial charge in [0.25, 0.3) is 5.91 Å². The first kappa shape index (κ1) is 11.2. The summed E-state index contributed by atoms with van der Waals surface area (Å²) in [5.41, 5.74) is -0.418. The summed E-state index contributed by atoms with van der Waals surface area (Å²) in [5, 5.41) is 8.09. The number of nitrogens with one attached hydrogen (secondary N) is 2. The first-order valence-corrected chi connectivity index (χ1v) is 4.42. The number of nitrogens with zero attached hydrogens (tertiary/aromatic N) is 1. The maximum Gasteiger partial charge on any atom is 0.414 e. The number of H-pyrrole nitrogens is 1. The van der Waals surface area contributed by atoms with E-state index < -0.39 is 17.6 Å². The fraction of sp³-hybridized carbons (Fsp3) is 0.444. The molecule has 0 aromatic carbocycles. The monoisotopic (exact) mass is 211 g/mol. The molecule has 1 heterocycles. The molecule has 0 atom stereocenters. The number of ether oxygens (including phenoxy) is 1. The van der Waals surface area contributed by atoms with Crippen molar-refractivity contribution in [3.8, 4) is 0 Å². The van der Waals surface area contributed by atoms with Gasteiger partial charge in [0.15, 0.2) is 0 Å². The molecule has 0 saturated heterocycles. The van der Waals surface area contributed by atoms with Crippen molar-refractivity contribution in [2.75, 3.05) is 0 Å². The van der Waals surface area contributed by atoms with Crippen LogP contribution in [-0.2, 0) is 4.74 Å². The van der Waals surface area contributed by atoms with Gasteiger partial charge in [-0.05, 0) is 26.8 Å². The molecule has 0 aliphatic carbocycles. The molecule has 0 radical (unpaired) electrons. The van der Waals surface area contributed by atoms with E-state index in [4.69, 9.17) is 4.74 Å². The van der Waals surface area contributed by atoms with Gasteiger partial charge in [0, 0.05) is 6.20 Å². The highest BCUT2D eigenvalue weighted by molar-refractivity contribution is 6.01. The Morgan fingerprint density at radius 2 is 2.13 bits per heavy atom. The fourth-order valence-electron chi connectivity index (χ4n) is 0.846. The summed E-state index contributed by atoms with van der Waals surface area (Å²) in [6.07, 6.45) is 0.645. The van der Waals surface area contributed by atoms with E-state index in [2.05, 4.69) is 15.5 Å². The zero-order valence-corrected chi connectivity index (χ0v) is 8.83. The molecule has 0 fully saturated rings. The molecule has 0 aliphatic heterocycles. The van der Waals surface area contributed by atoms with Crippen LogP contribution in [0.1, 0.15) is 31.3 Å². The zero-order valence-electron chi connectivity index (χ0n) is 8.83. The van der Waals surface area contributed by atoms with Gasteiger partial charge in [0.1, 0.15) is 11.3 Å². The summed E-state index contributed by atoms with van der Waals surface area (Å²) >= 11 is 0. The summed E-state index contributed by atoms with van der Waals surface area (Å²) in [4.78, 5) is 22.5. The number of imide groups is 1. The third-order valence-electron chi connectivity index (χ3n) is 1.36. The number of amides is 2. The summed E-state index contributed by atoms with van der Waals surface area (Å²) < 4.78 is 4.90. The standard InChI is InChI=1S/C9H13N3O3/c1-9(2,3)15-8(14)11-7(13)6-4-5-10-12-6/h4-5H,1-3H3,(H,10,12)(H,11,13,14). The summed E-state index contributed by atoms with van der Waals surface area (Å²) in [7, 11) is 0. The summed E-state index contributed by atoms with van der Waals surface area (Å²) in [6, 6.07) is 1.46. The summed E-state index contributed by atoms with van der Waals surface area (Å²) in [6.45, 7) is 5.15. The van der Waals surface area contributed by atoms with Crippen molar-refractivity contribution in [3.63, 3.8) is 0 Å². The van der Waals surface area contributed by atoms with Crippen LogP contribution in [0.5, 0.6) is 0 Å². The van der Waals surface area contributed by atoms with Gasteiger partial charge in [-0.3, -0.25) is 15.2 Å². The lowest BCUT2D eigenvalue weighted by Gasteiger charge is -2.18. The van der Waals surface area contributed by atoms with Crippen molar-refractivity contribution < 1.29 is 14.3 Å². The quantitative estimate of drug-likeness (QED) is 0.727. The molecule has 0 aliphatic rings. The molecule has 1 aromatic rings. The van der Waals surface area contributed by atoms with E-state index >= 15 is 0 Å². The number of carbonyl (C=O) groups excluding carboxylic acids is 2. The van der Waals surface area contributed by atoms with E-state index in [-0.39, 0.29) is 5.69 Å². The van der Waals surface area contributed by atoms with Gasteiger partial charge in [-0.25, -0.2) is 4.79 Å². The van der Waals surface area contributed by atoms with Gasteiger partial charge in [0.05, 0.1) is 0 Å². The molecule has 2 N–H and O–H groups in total. The Morgan fingerprint density at radius 3 is 2.60 bits per heavy atom. The molecule has 1 aromatic heterocycles. The molecule has 6 heteroatoms. The lowest BCUT2D eigenvalue weighted by molar-refractivity contribution is 0.0507. The number of aromatic nitrogens is 2. The minimum absolute atomic E-state index is 0.209. The van der Waals surface area contributed by atoms with Crippen molar-refractivity contribution >= 4 is 12.0 Å². The smallest absolute Gasteiger partial charge is 0.414 e. The first-order chi connectivity index (χ1) is 6.88. The Balaban J connectivity index is 2.50. The van der Waals surface area contributed by atoms with Crippen LogP contribution in [0.25, 0.3) is 0 Å². The normalized spacial score (nSPS) is 10.9. The van der Waals surface area contributed by atoms with E-state index in [0.29, 0.717) is 0 Å². The van der Waals surface area contributed by atoms with Crippen LogP contribution in [0.2, 0.25) is 0 Å². The minimum Gasteiger partial charge on any atom is -0.444 e. The number of aromatic amines is 1. The number of hydrogen-bond acceptors (Lipinski definition) is 4. The van der Waals surface area contributed by atoms with Crippen molar-refractivity contribution in [2.45, 2.75) is 26.4 Å². The SMILES string of the molecule is CC(C)(C)OC(=O)NC(=O)c1ccn[nH]1. The molecule has 0 spiro atoms. The third-order valence-corrected chi connectivity index (χ3v) is 1.36. The van der Waals surface area contributed by atoms with Gasteiger partial charge >= 0.3 is 6.09 Å². The predicted molar refractivity (Wildman–Crippen MR) is 52.3 cm³/mol. The topological polar surface area (TPSA) is 84.1 Å². The molecule has 0 saturated carbocycles. The van der Waals surface area contributed by atoms with Crippen molar-refractivity contribution in [2.24, 2.45) is 0 Å². The average Bonchev–Trinajstić information content (AvgIpc) is 2.50. The van der Waals surface area contributed by atoms with Crippen LogP contribution >= 0.6 is 0 Å². The zero-order chi connectivity index (χ0) is 11.5. The lowest BCUT2D eigenvalue weighted by atomic mass is 10.2. The van der Waals surface area contributed by atoms with Crippen LogP contribution in [0.3, 0.4) is 0 Å². The van der Waals surface area contributed by atoms with Crippen LogP contribution in [0, 0.1) is 0 Å². The molecular weight excluding hydrogens is 198 g/mol. The lowest BCUT2D eigenvalue weighted by Crippen LogP contribution is -2.36. The average molecular weight is 211 g/mol. The van der Waals surface area contributed by atoms with Crippen molar-refractivity contribution in [3.05, 3.63) is 18.0 Å². The number of hydrogen-bond donors (Lipinski definition) is 2. The number of rotatable bonds is 1. The first-order valence-electron chi connectivity index (χ1n) is 4.42. The Kier molecular flexibility index (Phi) is 3.08. The Morgan fingerprint density at radius 1 is 1.47 bits per heavy atom. The van der Waals surface area contributed by atoms with E-state index in [1.54, 1.807) is 20.8 Å². The molecule has 2 amide bonds. The molecule has 82 valence electrons. The minimum atomic E-state index is -0.776. The third kappa shape index (κ3) is 3.80. The van der Waals surface area contributed by atoms with Crippen LogP contribution in [-0.4, -0.2) is 27.8 Å². The maximum atomic E-state index is 11.3. The number of alkyl carbamates (subject to hydrolysis) is 1.